The van der Waals surface area contributed by atoms with Gasteiger partial charge in [0, 0.05) is 24.7 Å². The van der Waals surface area contributed by atoms with Crippen molar-refractivity contribution in [2.75, 3.05) is 38.8 Å². The van der Waals surface area contributed by atoms with Crippen LogP contribution in [-0.4, -0.2) is 33.5 Å². The third kappa shape index (κ3) is 3.45. The van der Waals surface area contributed by atoms with Crippen LogP contribution in [0.4, 0.5) is 5.69 Å². The summed E-state index contributed by atoms with van der Waals surface area (Å²) in [7, 11) is 1.68. The molecule has 1 N–H and O–H groups in total. The maximum Gasteiger partial charge on any atom is 0.0701 e. The molecule has 2 aromatic carbocycles. The van der Waals surface area contributed by atoms with Crippen molar-refractivity contribution in [3.63, 3.8) is 0 Å². The second-order valence-corrected chi connectivity index (χ2v) is 4.06. The van der Waals surface area contributed by atoms with E-state index in [1.807, 2.05) is 0 Å². The summed E-state index contributed by atoms with van der Waals surface area (Å²) in [5, 5.41) is 5.90. The van der Waals surface area contributed by atoms with E-state index in [1.54, 1.807) is 7.11 Å². The van der Waals surface area contributed by atoms with Crippen molar-refractivity contribution < 1.29 is 9.47 Å². The van der Waals surface area contributed by atoms with E-state index in [0.29, 0.717) is 19.8 Å². The van der Waals surface area contributed by atoms with Gasteiger partial charge in [-0.1, -0.05) is 36.4 Å². The van der Waals surface area contributed by atoms with Crippen molar-refractivity contribution in [2.24, 2.45) is 0 Å². The van der Waals surface area contributed by atoms with E-state index < -0.39 is 0 Å². The van der Waals surface area contributed by atoms with Gasteiger partial charge in [0.25, 0.3) is 0 Å². The van der Waals surface area contributed by atoms with Crippen molar-refractivity contribution in [2.45, 2.75) is 0 Å². The Morgan fingerprint density at radius 2 is 1.78 bits per heavy atom. The van der Waals surface area contributed by atoms with Crippen LogP contribution in [0.5, 0.6) is 0 Å². The van der Waals surface area contributed by atoms with Crippen molar-refractivity contribution in [3.8, 4) is 0 Å². The summed E-state index contributed by atoms with van der Waals surface area (Å²) in [5.74, 6) is 0. The van der Waals surface area contributed by atoms with Gasteiger partial charge >= 0.3 is 0 Å². The number of methoxy groups -OCH3 is 1. The molecule has 0 aromatic heterocycles. The average molecular weight is 245 g/mol. The highest BCUT2D eigenvalue weighted by atomic mass is 16.5. The number of fused-ring (bicyclic) bond motifs is 1. The van der Waals surface area contributed by atoms with Gasteiger partial charge in [-0.15, -0.1) is 0 Å². The minimum Gasteiger partial charge on any atom is -0.382 e. The maximum atomic E-state index is 5.42. The number of benzene rings is 2. The third-order valence-electron chi connectivity index (χ3n) is 2.78. The zero-order chi connectivity index (χ0) is 12.6. The Hall–Kier alpha value is -1.58. The Balaban J connectivity index is 1.88. The summed E-state index contributed by atoms with van der Waals surface area (Å²) < 4.78 is 10.3. The molecule has 3 nitrogen and oxygen atoms in total. The predicted octanol–water partition coefficient (Wildman–Crippen LogP) is 2.91. The monoisotopic (exact) mass is 245 g/mol. The van der Waals surface area contributed by atoms with Crippen LogP contribution in [0.1, 0.15) is 0 Å². The summed E-state index contributed by atoms with van der Waals surface area (Å²) in [6, 6.07) is 14.6. The summed E-state index contributed by atoms with van der Waals surface area (Å²) in [4.78, 5) is 0. The molecule has 0 saturated carbocycles. The van der Waals surface area contributed by atoms with Gasteiger partial charge in [0.1, 0.15) is 0 Å². The molecular weight excluding hydrogens is 226 g/mol. The lowest BCUT2D eigenvalue weighted by Gasteiger charge is -2.10. The molecule has 2 aromatic rings. The number of hydrogen-bond donors (Lipinski definition) is 1. The molecular formula is C15H19NO2. The highest BCUT2D eigenvalue weighted by Crippen LogP contribution is 2.22. The summed E-state index contributed by atoms with van der Waals surface area (Å²) >= 11 is 0. The van der Waals surface area contributed by atoms with E-state index in [0.717, 1.165) is 12.2 Å². The van der Waals surface area contributed by atoms with Gasteiger partial charge in [-0.3, -0.25) is 0 Å². The molecule has 0 aliphatic rings. The molecule has 96 valence electrons. The van der Waals surface area contributed by atoms with Gasteiger partial charge in [-0.25, -0.2) is 0 Å². The van der Waals surface area contributed by atoms with Gasteiger partial charge < -0.3 is 14.8 Å². The Kier molecular flexibility index (Phi) is 5.00. The third-order valence-corrected chi connectivity index (χ3v) is 2.78. The van der Waals surface area contributed by atoms with Crippen molar-refractivity contribution in [1.29, 1.82) is 0 Å². The summed E-state index contributed by atoms with van der Waals surface area (Å²) in [6.07, 6.45) is 0. The normalized spacial score (nSPS) is 10.7. The van der Waals surface area contributed by atoms with Crippen LogP contribution in [0.15, 0.2) is 42.5 Å². The number of nitrogens with one attached hydrogen (secondary N) is 1. The van der Waals surface area contributed by atoms with E-state index >= 15 is 0 Å². The van der Waals surface area contributed by atoms with E-state index in [4.69, 9.17) is 9.47 Å². The molecule has 0 fully saturated rings. The zero-order valence-electron chi connectivity index (χ0n) is 10.7. The fraction of sp³-hybridized carbons (Fsp3) is 0.333. The first-order chi connectivity index (χ1) is 8.92. The number of ether oxygens (including phenoxy) is 2. The lowest BCUT2D eigenvalue weighted by molar-refractivity contribution is 0.0759. The molecule has 0 atom stereocenters. The van der Waals surface area contributed by atoms with Crippen molar-refractivity contribution in [1.82, 2.24) is 0 Å². The van der Waals surface area contributed by atoms with Crippen LogP contribution < -0.4 is 5.32 Å². The average Bonchev–Trinajstić information content (AvgIpc) is 2.43. The largest absolute Gasteiger partial charge is 0.382 e. The Morgan fingerprint density at radius 3 is 2.67 bits per heavy atom. The topological polar surface area (TPSA) is 30.5 Å². The first-order valence-electron chi connectivity index (χ1n) is 6.20. The highest BCUT2D eigenvalue weighted by molar-refractivity contribution is 5.93. The minimum absolute atomic E-state index is 0.647. The number of hydrogen-bond acceptors (Lipinski definition) is 3. The lowest BCUT2D eigenvalue weighted by atomic mass is 10.1. The highest BCUT2D eigenvalue weighted by Gasteiger charge is 1.98. The fourth-order valence-electron chi connectivity index (χ4n) is 1.88. The van der Waals surface area contributed by atoms with Crippen LogP contribution in [0.25, 0.3) is 10.8 Å². The Morgan fingerprint density at radius 1 is 0.944 bits per heavy atom. The summed E-state index contributed by atoms with van der Waals surface area (Å²) in [6.45, 7) is 2.78. The van der Waals surface area contributed by atoms with Crippen LogP contribution >= 0.6 is 0 Å². The molecule has 0 saturated heterocycles. The van der Waals surface area contributed by atoms with Crippen LogP contribution in [0.3, 0.4) is 0 Å². The molecule has 2 rings (SSSR count). The van der Waals surface area contributed by atoms with Gasteiger partial charge in [0.2, 0.25) is 0 Å². The van der Waals surface area contributed by atoms with E-state index in [2.05, 4.69) is 47.8 Å². The minimum atomic E-state index is 0.647. The van der Waals surface area contributed by atoms with Gasteiger partial charge in [0.15, 0.2) is 0 Å². The molecule has 0 spiro atoms. The maximum absolute atomic E-state index is 5.42. The van der Waals surface area contributed by atoms with E-state index in [-0.39, 0.29) is 0 Å². The SMILES string of the molecule is COCCOCCNc1cccc2ccccc12. The standard InChI is InChI=1S/C15H19NO2/c1-17-11-12-18-10-9-16-15-8-4-6-13-5-2-3-7-14(13)15/h2-8,16H,9-12H2,1H3. The molecule has 0 aliphatic carbocycles. The second-order valence-electron chi connectivity index (χ2n) is 4.06. The van der Waals surface area contributed by atoms with Crippen molar-refractivity contribution >= 4 is 16.5 Å². The molecule has 0 heterocycles. The van der Waals surface area contributed by atoms with Crippen LogP contribution in [-0.2, 0) is 9.47 Å². The van der Waals surface area contributed by atoms with Crippen molar-refractivity contribution in [3.05, 3.63) is 42.5 Å². The quantitative estimate of drug-likeness (QED) is 0.761. The predicted molar refractivity (Wildman–Crippen MR) is 75.1 cm³/mol. The van der Waals surface area contributed by atoms with E-state index in [1.165, 1.54) is 10.8 Å². The van der Waals surface area contributed by atoms with Crippen LogP contribution in [0.2, 0.25) is 0 Å². The summed E-state index contributed by atoms with van der Waals surface area (Å²) in [5.41, 5.74) is 1.16. The molecule has 0 bridgehead atoms. The molecule has 0 aliphatic heterocycles. The number of anilines is 1. The molecule has 3 heteroatoms. The van der Waals surface area contributed by atoms with E-state index in [9.17, 15) is 0 Å². The first-order valence-corrected chi connectivity index (χ1v) is 6.20. The number of rotatable bonds is 7. The second kappa shape index (κ2) is 6.99. The Labute approximate surface area is 108 Å². The molecule has 0 radical (unpaired) electrons. The molecule has 0 unspecified atom stereocenters. The van der Waals surface area contributed by atoms with Gasteiger partial charge in [-0.05, 0) is 11.5 Å². The fourth-order valence-corrected chi connectivity index (χ4v) is 1.88. The first kappa shape index (κ1) is 12.9. The molecule has 18 heavy (non-hydrogen) atoms. The lowest BCUT2D eigenvalue weighted by Crippen LogP contribution is -2.12. The van der Waals surface area contributed by atoms with Gasteiger partial charge in [-0.2, -0.15) is 0 Å². The Bertz CT molecular complexity index is 479. The zero-order valence-corrected chi connectivity index (χ0v) is 10.7. The van der Waals surface area contributed by atoms with Crippen LogP contribution in [0, 0.1) is 0 Å². The smallest absolute Gasteiger partial charge is 0.0701 e. The molecule has 0 amide bonds. The van der Waals surface area contributed by atoms with Gasteiger partial charge in [0.05, 0.1) is 19.8 Å².